The molecule has 3 aromatic carbocycles. The average molecular weight is 654 g/mol. The third kappa shape index (κ3) is 7.65. The number of halogens is 2. The first-order valence-corrected chi connectivity index (χ1v) is 16.7. The van der Waals surface area contributed by atoms with Crippen LogP contribution in [0.2, 0.25) is 5.02 Å². The van der Waals surface area contributed by atoms with Crippen molar-refractivity contribution < 1.29 is 35.9 Å². The minimum atomic E-state index is -4.01. The molecule has 0 fully saturated rings. The smallest absolute Gasteiger partial charge is 0.261 e. The molecule has 3 aromatic rings. The molecule has 4 rings (SSSR count). The molecule has 1 aliphatic heterocycles. The van der Waals surface area contributed by atoms with Gasteiger partial charge in [0.25, 0.3) is 10.0 Å². The Morgan fingerprint density at radius 3 is 2.33 bits per heavy atom. The lowest BCUT2D eigenvalue weighted by molar-refractivity contribution is -0.134. The molecule has 232 valence electrons. The lowest BCUT2D eigenvalue weighted by Crippen LogP contribution is -2.48. The summed E-state index contributed by atoms with van der Waals surface area (Å²) in [6, 6.07) is 14.1. The summed E-state index contributed by atoms with van der Waals surface area (Å²) in [6.45, 7) is 3.27. The highest BCUT2D eigenvalue weighted by molar-refractivity contribution is 7.92. The maximum Gasteiger partial charge on any atom is 0.261 e. The van der Waals surface area contributed by atoms with Gasteiger partial charge in [0.1, 0.15) is 17.7 Å². The molecule has 0 saturated carbocycles. The Balaban J connectivity index is 1.68. The molecule has 14 heteroatoms. The average Bonchev–Trinajstić information content (AvgIpc) is 3.00. The van der Waals surface area contributed by atoms with Crippen molar-refractivity contribution in [3.8, 4) is 5.75 Å². The number of ether oxygens (including phenoxy) is 1. The normalized spacial score (nSPS) is 18.7. The molecule has 2 N–H and O–H groups in total. The predicted octanol–water partition coefficient (Wildman–Crippen LogP) is 3.75. The van der Waals surface area contributed by atoms with Crippen LogP contribution in [0.3, 0.4) is 0 Å². The number of amides is 1. The van der Waals surface area contributed by atoms with Crippen molar-refractivity contribution in [1.82, 2.24) is 9.21 Å². The first-order valence-electron chi connectivity index (χ1n) is 13.4. The molecule has 3 atom stereocenters. The second-order valence-corrected chi connectivity index (χ2v) is 14.7. The SMILES string of the molecule is C[C@H](CO)N1C[C@H](C)[C@H](CN(C)S(=O)(=O)c2ccc(F)cc2)Oc2ccc(NS(=O)(=O)c3ccc(Cl)cc3)cc2CC1=O. The Hall–Kier alpha value is -3.23. The maximum atomic E-state index is 13.5. The van der Waals surface area contributed by atoms with E-state index in [0.717, 1.165) is 16.4 Å². The van der Waals surface area contributed by atoms with E-state index in [-0.39, 0.29) is 53.3 Å². The highest BCUT2D eigenvalue weighted by atomic mass is 35.5. The molecule has 0 aliphatic carbocycles. The van der Waals surface area contributed by atoms with Crippen LogP contribution in [0.4, 0.5) is 10.1 Å². The van der Waals surface area contributed by atoms with E-state index in [4.69, 9.17) is 16.3 Å². The molecular weight excluding hydrogens is 621 g/mol. The highest BCUT2D eigenvalue weighted by Gasteiger charge is 2.33. The van der Waals surface area contributed by atoms with Gasteiger partial charge >= 0.3 is 0 Å². The largest absolute Gasteiger partial charge is 0.488 e. The Labute approximate surface area is 256 Å². The number of aliphatic hydroxyl groups is 1. The van der Waals surface area contributed by atoms with Gasteiger partial charge in [0.05, 0.1) is 35.4 Å². The van der Waals surface area contributed by atoms with Crippen molar-refractivity contribution >= 4 is 43.2 Å². The molecule has 0 bridgehead atoms. The monoisotopic (exact) mass is 653 g/mol. The van der Waals surface area contributed by atoms with Crippen LogP contribution in [0.15, 0.2) is 76.5 Å². The van der Waals surface area contributed by atoms with Gasteiger partial charge < -0.3 is 14.7 Å². The van der Waals surface area contributed by atoms with Crippen LogP contribution in [0.5, 0.6) is 5.75 Å². The van der Waals surface area contributed by atoms with E-state index in [9.17, 15) is 31.1 Å². The van der Waals surface area contributed by atoms with Crippen LogP contribution in [-0.4, -0.2) is 75.9 Å². The van der Waals surface area contributed by atoms with E-state index in [1.54, 1.807) is 6.92 Å². The molecule has 1 heterocycles. The number of benzene rings is 3. The zero-order chi connectivity index (χ0) is 31.5. The summed E-state index contributed by atoms with van der Waals surface area (Å²) in [5.41, 5.74) is 0.561. The van der Waals surface area contributed by atoms with E-state index < -0.39 is 43.9 Å². The first kappa shape index (κ1) is 32.7. The van der Waals surface area contributed by atoms with Gasteiger partial charge in [-0.05, 0) is 73.7 Å². The van der Waals surface area contributed by atoms with Gasteiger partial charge in [-0.2, -0.15) is 4.31 Å². The van der Waals surface area contributed by atoms with Crippen LogP contribution in [0.1, 0.15) is 19.4 Å². The number of carbonyl (C=O) groups is 1. The standard InChI is InChI=1S/C29H33ClFN3O7S2/c1-19-16-34(20(2)18-35)29(36)15-21-14-24(32-42(37,38)25-9-4-22(30)5-10-25)8-13-27(21)41-28(19)17-33(3)43(39,40)26-11-6-23(31)7-12-26/h4-14,19-20,28,32,35H,15-18H2,1-3H3/t19-,20+,28-/m0/s1. The van der Waals surface area contributed by atoms with Gasteiger partial charge in [0, 0.05) is 35.8 Å². The Kier molecular flexibility index (Phi) is 10.0. The van der Waals surface area contributed by atoms with E-state index in [1.807, 2.05) is 6.92 Å². The number of nitrogens with one attached hydrogen (secondary N) is 1. The maximum absolute atomic E-state index is 13.5. The predicted molar refractivity (Wildman–Crippen MR) is 160 cm³/mol. The van der Waals surface area contributed by atoms with Crippen molar-refractivity contribution in [1.29, 1.82) is 0 Å². The number of hydrogen-bond acceptors (Lipinski definition) is 7. The van der Waals surface area contributed by atoms with Gasteiger partial charge in [0.2, 0.25) is 15.9 Å². The molecule has 0 aromatic heterocycles. The van der Waals surface area contributed by atoms with Gasteiger partial charge in [0.15, 0.2) is 0 Å². The fraction of sp³-hybridized carbons (Fsp3) is 0.345. The van der Waals surface area contributed by atoms with E-state index in [0.29, 0.717) is 10.6 Å². The minimum Gasteiger partial charge on any atom is -0.488 e. The Bertz CT molecular complexity index is 1670. The van der Waals surface area contributed by atoms with Crippen molar-refractivity contribution in [2.45, 2.75) is 42.2 Å². The third-order valence-electron chi connectivity index (χ3n) is 7.25. The van der Waals surface area contributed by atoms with E-state index >= 15 is 0 Å². The van der Waals surface area contributed by atoms with Crippen molar-refractivity contribution in [3.05, 3.63) is 83.1 Å². The molecule has 0 radical (unpaired) electrons. The minimum absolute atomic E-state index is 0.00463. The number of carbonyl (C=O) groups excluding carboxylic acids is 1. The summed E-state index contributed by atoms with van der Waals surface area (Å²) in [5.74, 6) is -0.989. The van der Waals surface area contributed by atoms with Crippen molar-refractivity contribution in [2.24, 2.45) is 5.92 Å². The molecule has 1 amide bonds. The Morgan fingerprint density at radius 1 is 1.07 bits per heavy atom. The van der Waals surface area contributed by atoms with Crippen LogP contribution in [-0.2, 0) is 31.3 Å². The fourth-order valence-electron chi connectivity index (χ4n) is 4.68. The number of hydrogen-bond donors (Lipinski definition) is 2. The number of sulfonamides is 2. The summed E-state index contributed by atoms with van der Waals surface area (Å²) in [7, 11) is -6.60. The molecule has 10 nitrogen and oxygen atoms in total. The molecule has 0 unspecified atom stereocenters. The zero-order valence-electron chi connectivity index (χ0n) is 23.8. The fourth-order valence-corrected chi connectivity index (χ4v) is 7.04. The lowest BCUT2D eigenvalue weighted by Gasteiger charge is -2.33. The molecule has 0 saturated heterocycles. The molecular formula is C29H33ClFN3O7S2. The Morgan fingerprint density at radius 2 is 1.70 bits per heavy atom. The van der Waals surface area contributed by atoms with Crippen LogP contribution < -0.4 is 9.46 Å². The van der Waals surface area contributed by atoms with E-state index in [2.05, 4.69) is 4.72 Å². The number of likely N-dealkylation sites (N-methyl/N-ethyl adjacent to an activating group) is 1. The van der Waals surface area contributed by atoms with Gasteiger partial charge in [-0.1, -0.05) is 18.5 Å². The van der Waals surface area contributed by atoms with Gasteiger partial charge in [-0.15, -0.1) is 0 Å². The summed E-state index contributed by atoms with van der Waals surface area (Å²) >= 11 is 5.89. The van der Waals surface area contributed by atoms with Crippen molar-refractivity contribution in [2.75, 3.05) is 31.5 Å². The van der Waals surface area contributed by atoms with Crippen LogP contribution in [0, 0.1) is 11.7 Å². The zero-order valence-corrected chi connectivity index (χ0v) is 26.2. The summed E-state index contributed by atoms with van der Waals surface area (Å²) < 4.78 is 75.8. The number of aliphatic hydroxyl groups excluding tert-OH is 1. The van der Waals surface area contributed by atoms with Gasteiger partial charge in [-0.3, -0.25) is 9.52 Å². The number of rotatable bonds is 9. The second-order valence-electron chi connectivity index (χ2n) is 10.5. The molecule has 1 aliphatic rings. The number of anilines is 1. The summed E-state index contributed by atoms with van der Waals surface area (Å²) in [4.78, 5) is 14.9. The first-order chi connectivity index (χ1) is 20.2. The summed E-state index contributed by atoms with van der Waals surface area (Å²) in [6.07, 6.45) is -0.908. The van der Waals surface area contributed by atoms with E-state index in [1.165, 1.54) is 66.5 Å². The second kappa shape index (κ2) is 13.2. The quantitative estimate of drug-likeness (QED) is 0.359. The lowest BCUT2D eigenvalue weighted by atomic mass is 10.0. The van der Waals surface area contributed by atoms with Crippen LogP contribution >= 0.6 is 11.6 Å². The summed E-state index contributed by atoms with van der Waals surface area (Å²) in [5, 5.41) is 10.2. The highest BCUT2D eigenvalue weighted by Crippen LogP contribution is 2.31. The van der Waals surface area contributed by atoms with Crippen LogP contribution in [0.25, 0.3) is 0 Å². The third-order valence-corrected chi connectivity index (χ3v) is 10.7. The molecule has 0 spiro atoms. The van der Waals surface area contributed by atoms with Crippen molar-refractivity contribution in [3.63, 3.8) is 0 Å². The molecule has 43 heavy (non-hydrogen) atoms. The number of fused-ring (bicyclic) bond motifs is 1. The van der Waals surface area contributed by atoms with Gasteiger partial charge in [-0.25, -0.2) is 21.2 Å². The topological polar surface area (TPSA) is 133 Å². The number of nitrogens with zero attached hydrogens (tertiary/aromatic N) is 2.